The van der Waals surface area contributed by atoms with Gasteiger partial charge in [0.1, 0.15) is 5.82 Å². The van der Waals surface area contributed by atoms with Crippen LogP contribution in [-0.2, 0) is 5.41 Å². The highest BCUT2D eigenvalue weighted by Gasteiger charge is 2.30. The van der Waals surface area contributed by atoms with E-state index in [1.165, 1.54) is 6.07 Å². The number of rotatable bonds is 3. The van der Waals surface area contributed by atoms with Crippen molar-refractivity contribution in [3.63, 3.8) is 0 Å². The van der Waals surface area contributed by atoms with E-state index in [2.05, 4.69) is 5.16 Å². The molecule has 0 bridgehead atoms. The van der Waals surface area contributed by atoms with Gasteiger partial charge in [-0.05, 0) is 12.5 Å². The number of halogens is 2. The van der Waals surface area contributed by atoms with Crippen LogP contribution in [0.15, 0.2) is 22.7 Å². The Hall–Kier alpha value is -1.55. The van der Waals surface area contributed by atoms with Crippen molar-refractivity contribution in [3.8, 4) is 11.1 Å². The Labute approximate surface area is 116 Å². The van der Waals surface area contributed by atoms with Crippen LogP contribution in [0.5, 0.6) is 0 Å². The smallest absolute Gasteiger partial charge is 0.230 e. The number of nitrogen functional groups attached to an aromatic ring is 1. The van der Waals surface area contributed by atoms with Crippen LogP contribution in [0.2, 0.25) is 5.02 Å². The summed E-state index contributed by atoms with van der Waals surface area (Å²) >= 11 is 5.82. The molecule has 0 atom stereocenters. The molecule has 2 N–H and O–H groups in total. The van der Waals surface area contributed by atoms with Gasteiger partial charge in [-0.2, -0.15) is 0 Å². The first kappa shape index (κ1) is 13.9. The highest BCUT2D eigenvalue weighted by atomic mass is 35.5. The highest BCUT2D eigenvalue weighted by Crippen LogP contribution is 2.40. The fraction of sp³-hybridized carbons (Fsp3) is 0.357. The molecule has 19 heavy (non-hydrogen) atoms. The molecule has 3 nitrogen and oxygen atoms in total. The quantitative estimate of drug-likeness (QED) is 0.907. The van der Waals surface area contributed by atoms with Crippen LogP contribution in [0, 0.1) is 5.82 Å². The molecule has 102 valence electrons. The lowest BCUT2D eigenvalue weighted by molar-refractivity contribution is 0.391. The molecule has 5 heteroatoms. The summed E-state index contributed by atoms with van der Waals surface area (Å²) in [6.45, 7) is 6.05. The molecule has 0 radical (unpaired) electrons. The molecule has 0 saturated heterocycles. The van der Waals surface area contributed by atoms with E-state index in [4.69, 9.17) is 21.9 Å². The zero-order chi connectivity index (χ0) is 14.2. The molecule has 0 aliphatic carbocycles. The Morgan fingerprint density at radius 3 is 2.74 bits per heavy atom. The van der Waals surface area contributed by atoms with Crippen molar-refractivity contribution in [3.05, 3.63) is 34.7 Å². The van der Waals surface area contributed by atoms with Crippen molar-refractivity contribution in [2.45, 2.75) is 32.6 Å². The molecular formula is C14H16ClFN2O. The third-order valence-electron chi connectivity index (χ3n) is 3.46. The lowest BCUT2D eigenvalue weighted by Crippen LogP contribution is -2.17. The van der Waals surface area contributed by atoms with E-state index in [-0.39, 0.29) is 16.3 Å². The van der Waals surface area contributed by atoms with E-state index in [0.717, 1.165) is 6.42 Å². The van der Waals surface area contributed by atoms with E-state index in [1.807, 2.05) is 20.8 Å². The Balaban J connectivity index is 2.69. The molecule has 2 rings (SSSR count). The van der Waals surface area contributed by atoms with E-state index < -0.39 is 5.82 Å². The largest absolute Gasteiger partial charge is 0.367 e. The SMILES string of the molecule is CCC(C)(C)c1noc(N)c1-c1cccc(Cl)c1F. The number of nitrogens with two attached hydrogens (primary N) is 1. The maximum Gasteiger partial charge on any atom is 0.230 e. The predicted molar refractivity (Wildman–Crippen MR) is 74.6 cm³/mol. The zero-order valence-corrected chi connectivity index (χ0v) is 11.9. The van der Waals surface area contributed by atoms with Crippen LogP contribution in [0.3, 0.4) is 0 Å². The van der Waals surface area contributed by atoms with Gasteiger partial charge in [-0.25, -0.2) is 4.39 Å². The van der Waals surface area contributed by atoms with E-state index in [9.17, 15) is 4.39 Å². The Morgan fingerprint density at radius 1 is 1.42 bits per heavy atom. The van der Waals surface area contributed by atoms with Gasteiger partial charge in [0.05, 0.1) is 16.3 Å². The van der Waals surface area contributed by atoms with Crippen molar-refractivity contribution >= 4 is 17.5 Å². The first-order valence-corrected chi connectivity index (χ1v) is 6.46. The standard InChI is InChI=1S/C14H16ClFN2O/c1-4-14(2,3)12-10(13(17)19-18-12)8-6-5-7-9(15)11(8)16/h5-7H,4,17H2,1-3H3. The van der Waals surface area contributed by atoms with Gasteiger partial charge in [0.15, 0.2) is 0 Å². The van der Waals surface area contributed by atoms with Crippen molar-refractivity contribution in [1.82, 2.24) is 5.16 Å². The molecule has 0 spiro atoms. The first-order chi connectivity index (χ1) is 8.88. The Bertz CT molecular complexity index is 607. The molecule has 2 aromatic rings. The predicted octanol–water partition coefficient (Wildman–Crippen LogP) is 4.40. The van der Waals surface area contributed by atoms with Gasteiger partial charge in [0.2, 0.25) is 5.88 Å². The minimum atomic E-state index is -0.507. The van der Waals surface area contributed by atoms with Crippen LogP contribution in [-0.4, -0.2) is 5.16 Å². The van der Waals surface area contributed by atoms with Gasteiger partial charge in [-0.1, -0.05) is 49.7 Å². The zero-order valence-electron chi connectivity index (χ0n) is 11.1. The summed E-state index contributed by atoms with van der Waals surface area (Å²) in [7, 11) is 0. The van der Waals surface area contributed by atoms with Crippen LogP contribution < -0.4 is 5.73 Å². The lowest BCUT2D eigenvalue weighted by Gasteiger charge is -2.21. The van der Waals surface area contributed by atoms with E-state index in [0.29, 0.717) is 16.8 Å². The maximum atomic E-state index is 14.2. The van der Waals surface area contributed by atoms with Gasteiger partial charge < -0.3 is 10.3 Å². The molecule has 0 aliphatic rings. The molecule has 1 heterocycles. The molecule has 0 unspecified atom stereocenters. The summed E-state index contributed by atoms with van der Waals surface area (Å²) in [5, 5.41) is 4.05. The number of hydrogen-bond donors (Lipinski definition) is 1. The Kier molecular flexibility index (Phi) is 3.54. The molecule has 0 saturated carbocycles. The first-order valence-electron chi connectivity index (χ1n) is 6.08. The topological polar surface area (TPSA) is 52.0 Å². The third kappa shape index (κ3) is 2.32. The number of anilines is 1. The summed E-state index contributed by atoms with van der Waals surface area (Å²) in [5.41, 5.74) is 7.01. The molecular weight excluding hydrogens is 267 g/mol. The summed E-state index contributed by atoms with van der Waals surface area (Å²) in [4.78, 5) is 0. The summed E-state index contributed by atoms with van der Waals surface area (Å²) in [5.74, 6) is -0.398. The lowest BCUT2D eigenvalue weighted by atomic mass is 9.82. The van der Waals surface area contributed by atoms with Crippen LogP contribution >= 0.6 is 11.6 Å². The summed E-state index contributed by atoms with van der Waals surface area (Å²) < 4.78 is 19.2. The fourth-order valence-electron chi connectivity index (χ4n) is 1.89. The number of aromatic nitrogens is 1. The fourth-order valence-corrected chi connectivity index (χ4v) is 2.06. The third-order valence-corrected chi connectivity index (χ3v) is 3.76. The van der Waals surface area contributed by atoms with Crippen LogP contribution in [0.4, 0.5) is 10.3 Å². The molecule has 0 aliphatic heterocycles. The van der Waals surface area contributed by atoms with Crippen molar-refractivity contribution in [2.24, 2.45) is 0 Å². The normalized spacial score (nSPS) is 11.8. The van der Waals surface area contributed by atoms with Crippen LogP contribution in [0.1, 0.15) is 32.9 Å². The second kappa shape index (κ2) is 4.85. The number of hydrogen-bond acceptors (Lipinski definition) is 3. The molecule has 0 fully saturated rings. The minimum absolute atomic E-state index is 0.0540. The monoisotopic (exact) mass is 282 g/mol. The molecule has 1 aromatic heterocycles. The number of nitrogens with zero attached hydrogens (tertiary/aromatic N) is 1. The van der Waals surface area contributed by atoms with E-state index in [1.54, 1.807) is 12.1 Å². The van der Waals surface area contributed by atoms with Gasteiger partial charge >= 0.3 is 0 Å². The average Bonchev–Trinajstić information content (AvgIpc) is 2.75. The second-order valence-corrected chi connectivity index (χ2v) is 5.52. The van der Waals surface area contributed by atoms with Gasteiger partial charge in [0, 0.05) is 11.0 Å². The average molecular weight is 283 g/mol. The van der Waals surface area contributed by atoms with Crippen LogP contribution in [0.25, 0.3) is 11.1 Å². The number of benzene rings is 1. The maximum absolute atomic E-state index is 14.2. The van der Waals surface area contributed by atoms with Gasteiger partial charge in [-0.15, -0.1) is 0 Å². The van der Waals surface area contributed by atoms with Crippen molar-refractivity contribution in [2.75, 3.05) is 5.73 Å². The van der Waals surface area contributed by atoms with E-state index >= 15 is 0 Å². The highest BCUT2D eigenvalue weighted by molar-refractivity contribution is 6.31. The second-order valence-electron chi connectivity index (χ2n) is 5.11. The summed E-state index contributed by atoms with van der Waals surface area (Å²) in [6, 6.07) is 4.80. The van der Waals surface area contributed by atoms with Gasteiger partial charge in [-0.3, -0.25) is 0 Å². The van der Waals surface area contributed by atoms with Crippen molar-refractivity contribution in [1.29, 1.82) is 0 Å². The molecule has 1 aromatic carbocycles. The van der Waals surface area contributed by atoms with Crippen molar-refractivity contribution < 1.29 is 8.91 Å². The Morgan fingerprint density at radius 2 is 2.11 bits per heavy atom. The summed E-state index contributed by atoms with van der Waals surface area (Å²) in [6.07, 6.45) is 0.828. The molecule has 0 amide bonds. The minimum Gasteiger partial charge on any atom is -0.367 e. The van der Waals surface area contributed by atoms with Gasteiger partial charge in [0.25, 0.3) is 0 Å².